The summed E-state index contributed by atoms with van der Waals surface area (Å²) < 4.78 is 28.3. The molecule has 1 heterocycles. The second kappa shape index (κ2) is 6.38. The molecule has 0 fully saturated rings. The van der Waals surface area contributed by atoms with Crippen molar-refractivity contribution in [2.75, 3.05) is 6.54 Å². The maximum absolute atomic E-state index is 13.4. The van der Waals surface area contributed by atoms with E-state index in [1.54, 1.807) is 12.4 Å². The molecule has 102 valence electrons. The van der Waals surface area contributed by atoms with Crippen LogP contribution in [0.5, 0.6) is 0 Å². The van der Waals surface area contributed by atoms with Crippen LogP contribution in [0.2, 0.25) is 0 Å². The molecular formula is C13H16F2N4. The fourth-order valence-corrected chi connectivity index (χ4v) is 1.84. The van der Waals surface area contributed by atoms with Crippen molar-refractivity contribution in [2.45, 2.75) is 26.4 Å². The van der Waals surface area contributed by atoms with Crippen LogP contribution in [0.4, 0.5) is 8.78 Å². The van der Waals surface area contributed by atoms with E-state index in [-0.39, 0.29) is 0 Å². The number of aryl methyl sites for hydroxylation is 1. The molecule has 6 heteroatoms. The number of hydrogen-bond acceptors (Lipinski definition) is 3. The highest BCUT2D eigenvalue weighted by molar-refractivity contribution is 5.18. The molecule has 2 rings (SSSR count). The van der Waals surface area contributed by atoms with E-state index in [2.05, 4.69) is 15.5 Å². The summed E-state index contributed by atoms with van der Waals surface area (Å²) in [5.74, 6) is -0.716. The first-order chi connectivity index (χ1) is 9.22. The Morgan fingerprint density at radius 3 is 2.95 bits per heavy atom. The molecule has 19 heavy (non-hydrogen) atoms. The van der Waals surface area contributed by atoms with Gasteiger partial charge in [0.25, 0.3) is 0 Å². The fourth-order valence-electron chi connectivity index (χ4n) is 1.84. The monoisotopic (exact) mass is 266 g/mol. The molecule has 2 aromatic rings. The van der Waals surface area contributed by atoms with Crippen molar-refractivity contribution in [3.63, 3.8) is 0 Å². The summed E-state index contributed by atoms with van der Waals surface area (Å²) in [6.07, 6.45) is 2.38. The maximum Gasteiger partial charge on any atom is 0.163 e. The van der Waals surface area contributed by atoms with E-state index in [1.807, 2.05) is 11.5 Å². The third-order valence-electron chi connectivity index (χ3n) is 2.91. The lowest BCUT2D eigenvalue weighted by atomic mass is 10.2. The van der Waals surface area contributed by atoms with E-state index < -0.39 is 11.6 Å². The van der Waals surface area contributed by atoms with Gasteiger partial charge in [-0.15, -0.1) is 10.2 Å². The van der Waals surface area contributed by atoms with Gasteiger partial charge in [-0.05, 0) is 13.0 Å². The van der Waals surface area contributed by atoms with Gasteiger partial charge in [0.1, 0.15) is 12.2 Å². The van der Waals surface area contributed by atoms with Gasteiger partial charge in [-0.3, -0.25) is 0 Å². The minimum atomic E-state index is -0.815. The van der Waals surface area contributed by atoms with Crippen LogP contribution in [-0.4, -0.2) is 21.3 Å². The molecule has 0 spiro atoms. The highest BCUT2D eigenvalue weighted by atomic mass is 19.2. The topological polar surface area (TPSA) is 42.7 Å². The van der Waals surface area contributed by atoms with Gasteiger partial charge in [0.2, 0.25) is 0 Å². The number of halogens is 2. The van der Waals surface area contributed by atoms with E-state index in [9.17, 15) is 8.78 Å². The van der Waals surface area contributed by atoms with E-state index in [0.29, 0.717) is 25.1 Å². The van der Waals surface area contributed by atoms with Crippen molar-refractivity contribution in [1.82, 2.24) is 20.1 Å². The Morgan fingerprint density at radius 1 is 1.32 bits per heavy atom. The SMILES string of the molecule is CCn1cnnc1CCNCc1cccc(F)c1F. The third kappa shape index (κ3) is 3.35. The molecule has 0 bridgehead atoms. The average molecular weight is 266 g/mol. The lowest BCUT2D eigenvalue weighted by Crippen LogP contribution is -2.19. The quantitative estimate of drug-likeness (QED) is 0.812. The lowest BCUT2D eigenvalue weighted by Gasteiger charge is -2.07. The van der Waals surface area contributed by atoms with Crippen molar-refractivity contribution < 1.29 is 8.78 Å². The Bertz CT molecular complexity index is 539. The van der Waals surface area contributed by atoms with Crippen LogP contribution >= 0.6 is 0 Å². The number of rotatable bonds is 6. The summed E-state index contributed by atoms with van der Waals surface area (Å²) in [6.45, 7) is 3.77. The smallest absolute Gasteiger partial charge is 0.163 e. The second-order valence-corrected chi connectivity index (χ2v) is 4.17. The van der Waals surface area contributed by atoms with Gasteiger partial charge in [0, 0.05) is 31.6 Å². The molecule has 4 nitrogen and oxygen atoms in total. The third-order valence-corrected chi connectivity index (χ3v) is 2.91. The van der Waals surface area contributed by atoms with Crippen LogP contribution < -0.4 is 5.32 Å². The standard InChI is InChI=1S/C13H16F2N4/c1-2-19-9-17-18-12(19)6-7-16-8-10-4-3-5-11(14)13(10)15/h3-5,9,16H,2,6-8H2,1H3. The van der Waals surface area contributed by atoms with Gasteiger partial charge in [0.05, 0.1) is 0 Å². The Kier molecular flexibility index (Phi) is 4.57. The van der Waals surface area contributed by atoms with Gasteiger partial charge < -0.3 is 9.88 Å². The number of aromatic nitrogens is 3. The summed E-state index contributed by atoms with van der Waals surface area (Å²) in [4.78, 5) is 0. The fraction of sp³-hybridized carbons (Fsp3) is 0.385. The van der Waals surface area contributed by atoms with Crippen LogP contribution in [0, 0.1) is 11.6 Å². The molecule has 0 amide bonds. The van der Waals surface area contributed by atoms with Crippen LogP contribution in [0.1, 0.15) is 18.3 Å². The van der Waals surface area contributed by atoms with Crippen LogP contribution in [-0.2, 0) is 19.5 Å². The van der Waals surface area contributed by atoms with Gasteiger partial charge in [-0.1, -0.05) is 12.1 Å². The number of nitrogens with zero attached hydrogens (tertiary/aromatic N) is 3. The van der Waals surface area contributed by atoms with Crippen LogP contribution in [0.3, 0.4) is 0 Å². The molecule has 0 aliphatic carbocycles. The minimum Gasteiger partial charge on any atom is -0.318 e. The van der Waals surface area contributed by atoms with E-state index in [0.717, 1.165) is 18.4 Å². The molecular weight excluding hydrogens is 250 g/mol. The highest BCUT2D eigenvalue weighted by Crippen LogP contribution is 2.10. The van der Waals surface area contributed by atoms with E-state index in [1.165, 1.54) is 6.07 Å². The summed E-state index contributed by atoms with van der Waals surface area (Å²) in [6, 6.07) is 4.19. The molecule has 1 aromatic carbocycles. The molecule has 0 atom stereocenters. The largest absolute Gasteiger partial charge is 0.318 e. The number of nitrogens with one attached hydrogen (secondary N) is 1. The summed E-state index contributed by atoms with van der Waals surface area (Å²) in [7, 11) is 0. The van der Waals surface area contributed by atoms with Gasteiger partial charge >= 0.3 is 0 Å². The molecule has 0 unspecified atom stereocenters. The number of hydrogen-bond donors (Lipinski definition) is 1. The van der Waals surface area contributed by atoms with E-state index in [4.69, 9.17) is 0 Å². The Labute approximate surface area is 110 Å². The highest BCUT2D eigenvalue weighted by Gasteiger charge is 2.07. The van der Waals surface area contributed by atoms with Crippen molar-refractivity contribution in [3.8, 4) is 0 Å². The zero-order valence-electron chi connectivity index (χ0n) is 10.7. The predicted molar refractivity (Wildman–Crippen MR) is 67.5 cm³/mol. The molecule has 1 N–H and O–H groups in total. The molecule has 0 aliphatic heterocycles. The Morgan fingerprint density at radius 2 is 2.16 bits per heavy atom. The first-order valence-electron chi connectivity index (χ1n) is 6.22. The average Bonchev–Trinajstić information content (AvgIpc) is 2.86. The minimum absolute atomic E-state index is 0.295. The van der Waals surface area contributed by atoms with Crippen LogP contribution in [0.15, 0.2) is 24.5 Å². The lowest BCUT2D eigenvalue weighted by molar-refractivity contribution is 0.492. The maximum atomic E-state index is 13.4. The summed E-state index contributed by atoms with van der Waals surface area (Å²) in [5, 5.41) is 10.9. The molecule has 0 saturated carbocycles. The molecule has 0 aliphatic rings. The zero-order chi connectivity index (χ0) is 13.7. The van der Waals surface area contributed by atoms with Crippen LogP contribution in [0.25, 0.3) is 0 Å². The Hall–Kier alpha value is -1.82. The van der Waals surface area contributed by atoms with Gasteiger partial charge in [-0.25, -0.2) is 8.78 Å². The first-order valence-corrected chi connectivity index (χ1v) is 6.22. The molecule has 0 radical (unpaired) electrons. The van der Waals surface area contributed by atoms with Crippen molar-refractivity contribution in [1.29, 1.82) is 0 Å². The summed E-state index contributed by atoms with van der Waals surface area (Å²) in [5.41, 5.74) is 0.331. The van der Waals surface area contributed by atoms with E-state index >= 15 is 0 Å². The molecule has 1 aromatic heterocycles. The Balaban J connectivity index is 1.82. The van der Waals surface area contributed by atoms with Gasteiger partial charge in [0.15, 0.2) is 11.6 Å². The summed E-state index contributed by atoms with van der Waals surface area (Å²) >= 11 is 0. The predicted octanol–water partition coefficient (Wildman–Crippen LogP) is 1.91. The van der Waals surface area contributed by atoms with Crippen molar-refractivity contribution >= 4 is 0 Å². The normalized spacial score (nSPS) is 10.9. The molecule has 0 saturated heterocycles. The zero-order valence-corrected chi connectivity index (χ0v) is 10.7. The first kappa shape index (κ1) is 13.6. The number of benzene rings is 1. The van der Waals surface area contributed by atoms with Gasteiger partial charge in [-0.2, -0.15) is 0 Å². The van der Waals surface area contributed by atoms with Crippen molar-refractivity contribution in [2.24, 2.45) is 0 Å². The van der Waals surface area contributed by atoms with Crippen molar-refractivity contribution in [3.05, 3.63) is 47.5 Å². The second-order valence-electron chi connectivity index (χ2n) is 4.17.